The fraction of sp³-hybridized carbons (Fsp3) is 0.296. The van der Waals surface area contributed by atoms with E-state index >= 15 is 0 Å². The number of ether oxygens (including phenoxy) is 3. The van der Waals surface area contributed by atoms with Crippen molar-refractivity contribution in [1.29, 1.82) is 0 Å². The molecule has 34 heavy (non-hydrogen) atoms. The van der Waals surface area contributed by atoms with Crippen molar-refractivity contribution in [3.05, 3.63) is 88.4 Å². The van der Waals surface area contributed by atoms with Crippen LogP contribution in [-0.2, 0) is 17.9 Å². The largest absolute Gasteiger partial charge is 0.493 e. The Bertz CT molecular complexity index is 1070. The second kappa shape index (κ2) is 11.9. The minimum Gasteiger partial charge on any atom is -0.493 e. The number of methoxy groups -OCH3 is 1. The summed E-state index contributed by atoms with van der Waals surface area (Å²) in [5, 5.41) is 0. The summed E-state index contributed by atoms with van der Waals surface area (Å²) in [4.78, 5) is 16.8. The zero-order valence-corrected chi connectivity index (χ0v) is 20.9. The number of piperazine rings is 1. The molecule has 0 aliphatic carbocycles. The van der Waals surface area contributed by atoms with Crippen molar-refractivity contribution < 1.29 is 19.0 Å². The van der Waals surface area contributed by atoms with Gasteiger partial charge in [-0.1, -0.05) is 52.3 Å². The second-order valence-corrected chi connectivity index (χ2v) is 9.07. The third kappa shape index (κ3) is 6.74. The minimum absolute atomic E-state index is 0.0172. The first-order chi connectivity index (χ1) is 16.6. The lowest BCUT2D eigenvalue weighted by molar-refractivity contribution is -0.135. The summed E-state index contributed by atoms with van der Waals surface area (Å²) in [6.07, 6.45) is 0. The zero-order valence-electron chi connectivity index (χ0n) is 19.3. The lowest BCUT2D eigenvalue weighted by atomic mass is 10.1. The van der Waals surface area contributed by atoms with Crippen molar-refractivity contribution in [2.45, 2.75) is 13.2 Å². The van der Waals surface area contributed by atoms with Crippen LogP contribution in [0.2, 0.25) is 0 Å². The van der Waals surface area contributed by atoms with E-state index in [1.807, 2.05) is 71.6 Å². The SMILES string of the molecule is COc1ccc(CN2CCN(C(=O)COc3ccc(Br)cc3)CC2)cc1OCc1ccccc1. The molecule has 1 saturated heterocycles. The van der Waals surface area contributed by atoms with Crippen molar-refractivity contribution in [3.63, 3.8) is 0 Å². The molecule has 0 bridgehead atoms. The third-order valence-corrected chi connectivity index (χ3v) is 6.30. The van der Waals surface area contributed by atoms with E-state index in [2.05, 4.69) is 26.9 Å². The van der Waals surface area contributed by atoms with Crippen molar-refractivity contribution in [1.82, 2.24) is 9.80 Å². The second-order valence-electron chi connectivity index (χ2n) is 8.16. The Labute approximate surface area is 209 Å². The highest BCUT2D eigenvalue weighted by molar-refractivity contribution is 9.10. The molecule has 4 rings (SSSR count). The monoisotopic (exact) mass is 524 g/mol. The Morgan fingerprint density at radius 2 is 1.59 bits per heavy atom. The van der Waals surface area contributed by atoms with E-state index in [9.17, 15) is 4.79 Å². The predicted molar refractivity (Wildman–Crippen MR) is 135 cm³/mol. The standard InChI is InChI=1S/C27H29BrN2O4/c1-32-25-12-7-22(17-26(25)34-19-21-5-3-2-4-6-21)18-29-13-15-30(16-14-29)27(31)20-33-24-10-8-23(28)9-11-24/h2-12,17H,13-16,18-20H2,1H3. The summed E-state index contributed by atoms with van der Waals surface area (Å²) in [7, 11) is 1.65. The van der Waals surface area contributed by atoms with E-state index in [4.69, 9.17) is 14.2 Å². The lowest BCUT2D eigenvalue weighted by Crippen LogP contribution is -2.49. The molecule has 0 saturated carbocycles. The summed E-state index contributed by atoms with van der Waals surface area (Å²) in [5.74, 6) is 2.17. The highest BCUT2D eigenvalue weighted by atomic mass is 79.9. The van der Waals surface area contributed by atoms with Gasteiger partial charge >= 0.3 is 0 Å². The van der Waals surface area contributed by atoms with Crippen LogP contribution in [0.5, 0.6) is 17.2 Å². The van der Waals surface area contributed by atoms with Crippen molar-refractivity contribution in [3.8, 4) is 17.2 Å². The normalized spacial score (nSPS) is 14.0. The van der Waals surface area contributed by atoms with Crippen LogP contribution in [0.25, 0.3) is 0 Å². The molecule has 1 aliphatic rings. The van der Waals surface area contributed by atoms with E-state index in [1.165, 1.54) is 0 Å². The molecule has 1 heterocycles. The minimum atomic E-state index is 0.0172. The number of carbonyl (C=O) groups excluding carboxylic acids is 1. The number of hydrogen-bond donors (Lipinski definition) is 0. The molecule has 3 aromatic carbocycles. The maximum Gasteiger partial charge on any atom is 0.260 e. The first-order valence-corrected chi connectivity index (χ1v) is 12.1. The molecule has 7 heteroatoms. The molecule has 3 aromatic rings. The van der Waals surface area contributed by atoms with Crippen LogP contribution in [0, 0.1) is 0 Å². The molecule has 6 nitrogen and oxygen atoms in total. The van der Waals surface area contributed by atoms with Crippen LogP contribution in [0.4, 0.5) is 0 Å². The zero-order chi connectivity index (χ0) is 23.8. The van der Waals surface area contributed by atoms with Gasteiger partial charge in [-0.15, -0.1) is 0 Å². The summed E-state index contributed by atoms with van der Waals surface area (Å²) < 4.78 is 18.1. The Morgan fingerprint density at radius 1 is 0.853 bits per heavy atom. The number of hydrogen-bond acceptors (Lipinski definition) is 5. The van der Waals surface area contributed by atoms with Gasteiger partial charge in [0.2, 0.25) is 0 Å². The third-order valence-electron chi connectivity index (χ3n) is 5.77. The Hall–Kier alpha value is -3.03. The first-order valence-electron chi connectivity index (χ1n) is 11.3. The van der Waals surface area contributed by atoms with Gasteiger partial charge < -0.3 is 19.1 Å². The maximum atomic E-state index is 12.6. The molecule has 0 N–H and O–H groups in total. The average Bonchev–Trinajstić information content (AvgIpc) is 2.88. The highest BCUT2D eigenvalue weighted by Crippen LogP contribution is 2.29. The molecule has 0 spiro atoms. The number of benzene rings is 3. The number of amides is 1. The van der Waals surface area contributed by atoms with Gasteiger partial charge in [-0.05, 0) is 47.5 Å². The Kier molecular flexibility index (Phi) is 8.44. The van der Waals surface area contributed by atoms with E-state index in [0.29, 0.717) is 25.4 Å². The topological polar surface area (TPSA) is 51.2 Å². The Balaban J connectivity index is 1.26. The highest BCUT2D eigenvalue weighted by Gasteiger charge is 2.22. The average molecular weight is 525 g/mol. The summed E-state index contributed by atoms with van der Waals surface area (Å²) in [6, 6.07) is 23.6. The van der Waals surface area contributed by atoms with Gasteiger partial charge in [-0.25, -0.2) is 0 Å². The van der Waals surface area contributed by atoms with Crippen LogP contribution in [0.1, 0.15) is 11.1 Å². The van der Waals surface area contributed by atoms with Crippen molar-refractivity contribution in [2.24, 2.45) is 0 Å². The van der Waals surface area contributed by atoms with E-state index in [-0.39, 0.29) is 12.5 Å². The van der Waals surface area contributed by atoms with Crippen LogP contribution in [0.3, 0.4) is 0 Å². The summed E-state index contributed by atoms with van der Waals surface area (Å²) in [6.45, 7) is 4.35. The van der Waals surface area contributed by atoms with E-state index in [1.54, 1.807) is 7.11 Å². The molecule has 0 aromatic heterocycles. The van der Waals surface area contributed by atoms with Crippen LogP contribution in [0.15, 0.2) is 77.3 Å². The van der Waals surface area contributed by atoms with Crippen LogP contribution < -0.4 is 14.2 Å². The molecular weight excluding hydrogens is 496 g/mol. The fourth-order valence-electron chi connectivity index (χ4n) is 3.85. The van der Waals surface area contributed by atoms with Gasteiger partial charge in [0.15, 0.2) is 18.1 Å². The molecule has 1 amide bonds. The van der Waals surface area contributed by atoms with Crippen molar-refractivity contribution >= 4 is 21.8 Å². The Morgan fingerprint density at radius 3 is 2.29 bits per heavy atom. The smallest absolute Gasteiger partial charge is 0.260 e. The number of nitrogens with zero attached hydrogens (tertiary/aromatic N) is 2. The number of rotatable bonds is 9. The molecule has 1 fully saturated rings. The first kappa shape index (κ1) is 24.1. The van der Waals surface area contributed by atoms with E-state index in [0.717, 1.165) is 46.7 Å². The van der Waals surface area contributed by atoms with Gasteiger partial charge in [0.05, 0.1) is 7.11 Å². The quantitative estimate of drug-likeness (QED) is 0.404. The molecule has 0 unspecified atom stereocenters. The van der Waals surface area contributed by atoms with Crippen LogP contribution in [-0.4, -0.2) is 55.6 Å². The van der Waals surface area contributed by atoms with Crippen LogP contribution >= 0.6 is 15.9 Å². The molecule has 178 valence electrons. The molecule has 0 atom stereocenters. The number of carbonyl (C=O) groups is 1. The summed E-state index contributed by atoms with van der Waals surface area (Å²) >= 11 is 3.40. The lowest BCUT2D eigenvalue weighted by Gasteiger charge is -2.34. The fourth-order valence-corrected chi connectivity index (χ4v) is 4.11. The molecular formula is C27H29BrN2O4. The van der Waals surface area contributed by atoms with E-state index < -0.39 is 0 Å². The summed E-state index contributed by atoms with van der Waals surface area (Å²) in [5.41, 5.74) is 2.27. The van der Waals surface area contributed by atoms with Gasteiger partial charge in [-0.3, -0.25) is 9.69 Å². The van der Waals surface area contributed by atoms with Gasteiger partial charge in [-0.2, -0.15) is 0 Å². The molecule has 1 aliphatic heterocycles. The predicted octanol–water partition coefficient (Wildman–Crippen LogP) is 4.76. The maximum absolute atomic E-state index is 12.6. The van der Waals surface area contributed by atoms with Gasteiger partial charge in [0, 0.05) is 37.2 Å². The van der Waals surface area contributed by atoms with Gasteiger partial charge in [0.1, 0.15) is 12.4 Å². The number of halogens is 1. The molecule has 0 radical (unpaired) electrons. The van der Waals surface area contributed by atoms with Crippen molar-refractivity contribution in [2.75, 3.05) is 39.9 Å². The van der Waals surface area contributed by atoms with Gasteiger partial charge in [0.25, 0.3) is 5.91 Å².